The van der Waals surface area contributed by atoms with Crippen LogP contribution in [0.5, 0.6) is 0 Å². The quantitative estimate of drug-likeness (QED) is 0.475. The number of hydrogen-bond acceptors (Lipinski definition) is 2. The zero-order valence-electron chi connectivity index (χ0n) is 15.1. The number of benzene rings is 2. The van der Waals surface area contributed by atoms with Gasteiger partial charge in [-0.05, 0) is 70.0 Å². The molecular formula is C21H21Cl2NO2. The van der Waals surface area contributed by atoms with Gasteiger partial charge in [-0.1, -0.05) is 23.2 Å². The van der Waals surface area contributed by atoms with Crippen molar-refractivity contribution in [1.29, 1.82) is 0 Å². The molecule has 1 saturated carbocycles. The fraction of sp³-hybridized carbons (Fsp3) is 0.381. The first-order chi connectivity index (χ1) is 12.2. The molecule has 1 aliphatic carbocycles. The third-order valence-corrected chi connectivity index (χ3v) is 5.42. The summed E-state index contributed by atoms with van der Waals surface area (Å²) in [6, 6.07) is 12.1. The second kappa shape index (κ2) is 6.17. The van der Waals surface area contributed by atoms with Gasteiger partial charge in [-0.2, -0.15) is 0 Å². The van der Waals surface area contributed by atoms with Crippen LogP contribution in [0.1, 0.15) is 39.7 Å². The lowest BCUT2D eigenvalue weighted by atomic mass is 9.80. The van der Waals surface area contributed by atoms with E-state index in [1.807, 2.05) is 57.2 Å². The van der Waals surface area contributed by atoms with Crippen molar-refractivity contribution in [1.82, 2.24) is 4.57 Å². The van der Waals surface area contributed by atoms with Crippen LogP contribution in [-0.2, 0) is 9.53 Å². The van der Waals surface area contributed by atoms with Gasteiger partial charge in [0.25, 0.3) is 0 Å². The molecule has 0 bridgehead atoms. The first-order valence-electron chi connectivity index (χ1n) is 8.84. The summed E-state index contributed by atoms with van der Waals surface area (Å²) >= 11 is 12.4. The van der Waals surface area contributed by atoms with Crippen molar-refractivity contribution < 1.29 is 9.53 Å². The standard InChI is InChI=1S/C21H21Cl2NO2/c1-21(2,3)26-20(25)12-8-15(9-12)24-18-6-4-13(22)10-16(18)17-11-14(23)5-7-19(17)24/h4-7,10-12,15H,8-9H2,1-3H3/t12-,15+. The molecule has 0 unspecified atom stereocenters. The van der Waals surface area contributed by atoms with Crippen LogP contribution in [-0.4, -0.2) is 16.1 Å². The lowest BCUT2D eigenvalue weighted by Gasteiger charge is -2.37. The highest BCUT2D eigenvalue weighted by molar-refractivity contribution is 6.33. The van der Waals surface area contributed by atoms with Crippen molar-refractivity contribution in [3.8, 4) is 0 Å². The predicted molar refractivity (Wildman–Crippen MR) is 107 cm³/mol. The Morgan fingerprint density at radius 2 is 1.50 bits per heavy atom. The van der Waals surface area contributed by atoms with E-state index in [-0.39, 0.29) is 17.9 Å². The zero-order valence-corrected chi connectivity index (χ0v) is 16.6. The molecule has 0 atom stereocenters. The lowest BCUT2D eigenvalue weighted by molar-refractivity contribution is -0.164. The molecular weight excluding hydrogens is 369 g/mol. The number of ether oxygens (including phenoxy) is 1. The largest absolute Gasteiger partial charge is 0.460 e. The van der Waals surface area contributed by atoms with Crippen LogP contribution in [0.2, 0.25) is 10.0 Å². The van der Waals surface area contributed by atoms with Crippen molar-refractivity contribution in [3.05, 3.63) is 46.4 Å². The van der Waals surface area contributed by atoms with Crippen molar-refractivity contribution in [3.63, 3.8) is 0 Å². The van der Waals surface area contributed by atoms with E-state index in [1.165, 1.54) is 0 Å². The normalized spacial score (nSPS) is 20.3. The number of carbonyl (C=O) groups excluding carboxylic acids is 1. The number of esters is 1. The third kappa shape index (κ3) is 3.08. The Morgan fingerprint density at radius 1 is 1.00 bits per heavy atom. The molecule has 0 amide bonds. The van der Waals surface area contributed by atoms with Crippen molar-refractivity contribution >= 4 is 51.0 Å². The van der Waals surface area contributed by atoms with Gasteiger partial charge in [0.15, 0.2) is 0 Å². The summed E-state index contributed by atoms with van der Waals surface area (Å²) in [6.45, 7) is 5.71. The molecule has 136 valence electrons. The number of fused-ring (bicyclic) bond motifs is 3. The zero-order chi connectivity index (χ0) is 18.6. The molecule has 0 aliphatic heterocycles. The van der Waals surface area contributed by atoms with E-state index in [4.69, 9.17) is 27.9 Å². The maximum Gasteiger partial charge on any atom is 0.309 e. The Bertz CT molecular complexity index is 951. The Balaban J connectivity index is 1.70. The first-order valence-corrected chi connectivity index (χ1v) is 9.60. The third-order valence-electron chi connectivity index (χ3n) is 4.94. The lowest BCUT2D eigenvalue weighted by Crippen LogP contribution is -2.37. The number of halogens is 2. The summed E-state index contributed by atoms with van der Waals surface area (Å²) < 4.78 is 7.85. The minimum atomic E-state index is -0.442. The van der Waals surface area contributed by atoms with Crippen LogP contribution in [0.3, 0.4) is 0 Å². The van der Waals surface area contributed by atoms with Crippen LogP contribution in [0.4, 0.5) is 0 Å². The van der Waals surface area contributed by atoms with E-state index >= 15 is 0 Å². The molecule has 2 aromatic carbocycles. The van der Waals surface area contributed by atoms with Crippen LogP contribution in [0.25, 0.3) is 21.8 Å². The predicted octanol–water partition coefficient (Wildman–Crippen LogP) is 6.39. The summed E-state index contributed by atoms with van der Waals surface area (Å²) in [5.41, 5.74) is 1.81. The highest BCUT2D eigenvalue weighted by atomic mass is 35.5. The summed E-state index contributed by atoms with van der Waals surface area (Å²) in [5, 5.41) is 3.60. The average molecular weight is 390 g/mol. The summed E-state index contributed by atoms with van der Waals surface area (Å²) in [4.78, 5) is 12.3. The van der Waals surface area contributed by atoms with Gasteiger partial charge >= 0.3 is 5.97 Å². The average Bonchev–Trinajstić information content (AvgIpc) is 2.77. The molecule has 1 fully saturated rings. The number of nitrogens with zero attached hydrogens (tertiary/aromatic N) is 1. The van der Waals surface area contributed by atoms with E-state index in [9.17, 15) is 4.79 Å². The summed E-state index contributed by atoms with van der Waals surface area (Å²) in [7, 11) is 0. The first kappa shape index (κ1) is 17.7. The molecule has 5 heteroatoms. The monoisotopic (exact) mass is 389 g/mol. The number of hydrogen-bond donors (Lipinski definition) is 0. The molecule has 1 aromatic heterocycles. The van der Waals surface area contributed by atoms with Crippen LogP contribution in [0.15, 0.2) is 36.4 Å². The molecule has 0 radical (unpaired) electrons. The van der Waals surface area contributed by atoms with Crippen molar-refractivity contribution in [2.75, 3.05) is 0 Å². The molecule has 1 heterocycles. The molecule has 3 nitrogen and oxygen atoms in total. The molecule has 26 heavy (non-hydrogen) atoms. The van der Waals surface area contributed by atoms with E-state index < -0.39 is 5.60 Å². The molecule has 0 spiro atoms. The van der Waals surface area contributed by atoms with Crippen LogP contribution in [0, 0.1) is 5.92 Å². The van der Waals surface area contributed by atoms with Crippen LogP contribution < -0.4 is 0 Å². The highest BCUT2D eigenvalue weighted by Gasteiger charge is 2.39. The van der Waals surface area contributed by atoms with Crippen molar-refractivity contribution in [2.24, 2.45) is 5.92 Å². The summed E-state index contributed by atoms with van der Waals surface area (Å²) in [5.74, 6) is -0.132. The Labute approximate surface area is 162 Å². The van der Waals surface area contributed by atoms with Gasteiger partial charge in [0, 0.05) is 37.9 Å². The van der Waals surface area contributed by atoms with Gasteiger partial charge in [-0.15, -0.1) is 0 Å². The number of carbonyl (C=O) groups is 1. The Morgan fingerprint density at radius 3 is 1.96 bits per heavy atom. The molecule has 1 aliphatic rings. The fourth-order valence-corrected chi connectivity index (χ4v) is 4.11. The second-order valence-corrected chi connectivity index (χ2v) is 8.92. The molecule has 3 aromatic rings. The minimum Gasteiger partial charge on any atom is -0.460 e. The maximum atomic E-state index is 12.3. The minimum absolute atomic E-state index is 0.0358. The highest BCUT2D eigenvalue weighted by Crippen LogP contribution is 2.44. The van der Waals surface area contributed by atoms with Gasteiger partial charge in [-0.3, -0.25) is 4.79 Å². The molecule has 0 N–H and O–H groups in total. The van der Waals surface area contributed by atoms with Gasteiger partial charge in [0.05, 0.1) is 5.92 Å². The van der Waals surface area contributed by atoms with E-state index in [2.05, 4.69) is 4.57 Å². The fourth-order valence-electron chi connectivity index (χ4n) is 3.77. The summed E-state index contributed by atoms with van der Waals surface area (Å²) in [6.07, 6.45) is 1.58. The maximum absolute atomic E-state index is 12.3. The van der Waals surface area contributed by atoms with E-state index in [0.29, 0.717) is 10.0 Å². The smallest absolute Gasteiger partial charge is 0.309 e. The molecule has 0 saturated heterocycles. The topological polar surface area (TPSA) is 31.2 Å². The number of aromatic nitrogens is 1. The van der Waals surface area contributed by atoms with Gasteiger partial charge in [-0.25, -0.2) is 0 Å². The van der Waals surface area contributed by atoms with E-state index in [0.717, 1.165) is 34.6 Å². The number of rotatable bonds is 2. The van der Waals surface area contributed by atoms with Gasteiger partial charge < -0.3 is 9.30 Å². The Kier molecular flexibility index (Phi) is 4.20. The van der Waals surface area contributed by atoms with Gasteiger partial charge in [0.1, 0.15) is 5.60 Å². The second-order valence-electron chi connectivity index (χ2n) is 8.05. The van der Waals surface area contributed by atoms with Gasteiger partial charge in [0.2, 0.25) is 0 Å². The van der Waals surface area contributed by atoms with Crippen molar-refractivity contribution in [2.45, 2.75) is 45.3 Å². The SMILES string of the molecule is CC(C)(C)OC(=O)[C@H]1C[C@@H](n2c3ccc(Cl)cc3c3cc(Cl)ccc32)C1. The van der Waals surface area contributed by atoms with E-state index in [1.54, 1.807) is 0 Å². The Hall–Kier alpha value is -1.71. The van der Waals surface area contributed by atoms with Crippen LogP contribution >= 0.6 is 23.2 Å². The molecule has 4 rings (SSSR count).